The number of nitrogens with zero attached hydrogens (tertiary/aromatic N) is 1. The molecule has 2 N–H and O–H groups in total. The van der Waals surface area contributed by atoms with Gasteiger partial charge in [-0.15, -0.1) is 0 Å². The van der Waals surface area contributed by atoms with Crippen LogP contribution in [-0.2, 0) is 0 Å². The van der Waals surface area contributed by atoms with Crippen molar-refractivity contribution in [2.75, 3.05) is 11.1 Å². The molecule has 0 unspecified atom stereocenters. The number of hydrogen-bond donors (Lipinski definition) is 1. The minimum absolute atomic E-state index is 0.0924. The van der Waals surface area contributed by atoms with E-state index in [1.165, 1.54) is 0 Å². The van der Waals surface area contributed by atoms with E-state index in [0.717, 1.165) is 0 Å². The van der Waals surface area contributed by atoms with E-state index in [2.05, 4.69) is 20.9 Å². The summed E-state index contributed by atoms with van der Waals surface area (Å²) < 4.78 is 5.23. The number of nitrogens with two attached hydrogens (primary N) is 1. The van der Waals surface area contributed by atoms with Crippen LogP contribution in [0.1, 0.15) is 10.7 Å². The molecule has 4 nitrogen and oxygen atoms in total. The standard InChI is InChI=1S/C9H7BrN2O2/c10-4-6(13)9-12-8-5(11)2-1-3-7(8)14-9/h1-3H,4,11H2. The van der Waals surface area contributed by atoms with Crippen molar-refractivity contribution in [1.82, 2.24) is 4.98 Å². The molecule has 0 radical (unpaired) electrons. The molecule has 2 rings (SSSR count). The third-order valence-electron chi connectivity index (χ3n) is 1.81. The van der Waals surface area contributed by atoms with Gasteiger partial charge in [-0.25, -0.2) is 4.98 Å². The molecule has 72 valence electrons. The van der Waals surface area contributed by atoms with E-state index >= 15 is 0 Å². The quantitative estimate of drug-likeness (QED) is 0.506. The number of alkyl halides is 1. The molecule has 2 aromatic rings. The fourth-order valence-electron chi connectivity index (χ4n) is 1.15. The summed E-state index contributed by atoms with van der Waals surface area (Å²) >= 11 is 3.05. The van der Waals surface area contributed by atoms with E-state index in [1.807, 2.05) is 0 Å². The van der Waals surface area contributed by atoms with Gasteiger partial charge in [0.15, 0.2) is 5.58 Å². The average molecular weight is 255 g/mol. The molecule has 0 saturated carbocycles. The zero-order chi connectivity index (χ0) is 10.1. The lowest BCUT2D eigenvalue weighted by Gasteiger charge is -1.89. The molecular weight excluding hydrogens is 248 g/mol. The first-order chi connectivity index (χ1) is 6.72. The van der Waals surface area contributed by atoms with Crippen molar-refractivity contribution in [2.45, 2.75) is 0 Å². The third kappa shape index (κ3) is 1.39. The predicted molar refractivity (Wildman–Crippen MR) is 56.5 cm³/mol. The first-order valence-corrected chi connectivity index (χ1v) is 5.08. The zero-order valence-corrected chi connectivity index (χ0v) is 8.74. The average Bonchev–Trinajstić information content (AvgIpc) is 2.62. The van der Waals surface area contributed by atoms with Crippen LogP contribution in [0, 0.1) is 0 Å². The van der Waals surface area contributed by atoms with Gasteiger partial charge in [-0.05, 0) is 12.1 Å². The fourth-order valence-corrected chi connectivity index (χ4v) is 1.39. The molecule has 0 aliphatic heterocycles. The largest absolute Gasteiger partial charge is 0.434 e. The Labute approximate surface area is 88.2 Å². The highest BCUT2D eigenvalue weighted by atomic mass is 79.9. The van der Waals surface area contributed by atoms with Crippen LogP contribution >= 0.6 is 15.9 Å². The smallest absolute Gasteiger partial charge is 0.265 e. The van der Waals surface area contributed by atoms with Crippen molar-refractivity contribution in [3.63, 3.8) is 0 Å². The summed E-state index contributed by atoms with van der Waals surface area (Å²) in [7, 11) is 0. The lowest BCUT2D eigenvalue weighted by Crippen LogP contribution is -1.99. The number of ketones is 1. The molecule has 0 saturated heterocycles. The molecule has 0 atom stereocenters. The highest BCUT2D eigenvalue weighted by molar-refractivity contribution is 9.09. The second kappa shape index (κ2) is 3.42. The Morgan fingerprint density at radius 2 is 2.36 bits per heavy atom. The second-order valence-electron chi connectivity index (χ2n) is 2.77. The number of anilines is 1. The summed E-state index contributed by atoms with van der Waals surface area (Å²) in [6, 6.07) is 5.20. The highest BCUT2D eigenvalue weighted by Gasteiger charge is 2.13. The number of carbonyl (C=O) groups is 1. The Bertz CT molecular complexity index is 493. The molecule has 0 fully saturated rings. The monoisotopic (exact) mass is 254 g/mol. The first-order valence-electron chi connectivity index (χ1n) is 3.96. The minimum Gasteiger partial charge on any atom is -0.434 e. The number of Topliss-reactive ketones (excluding diaryl/α,β-unsaturated/α-hetero) is 1. The van der Waals surface area contributed by atoms with E-state index in [9.17, 15) is 4.79 Å². The van der Waals surface area contributed by atoms with Gasteiger partial charge in [0, 0.05) is 0 Å². The maximum Gasteiger partial charge on any atom is 0.265 e. The molecule has 14 heavy (non-hydrogen) atoms. The van der Waals surface area contributed by atoms with Gasteiger partial charge in [0.1, 0.15) is 5.52 Å². The number of nitrogen functional groups attached to an aromatic ring is 1. The van der Waals surface area contributed by atoms with Gasteiger partial charge in [0.05, 0.1) is 11.0 Å². The fraction of sp³-hybridized carbons (Fsp3) is 0.111. The van der Waals surface area contributed by atoms with Crippen molar-refractivity contribution in [2.24, 2.45) is 0 Å². The number of carbonyl (C=O) groups excluding carboxylic acids is 1. The number of fused-ring (bicyclic) bond motifs is 1. The minimum atomic E-state index is -0.194. The summed E-state index contributed by atoms with van der Waals surface area (Å²) in [6.07, 6.45) is 0. The van der Waals surface area contributed by atoms with E-state index < -0.39 is 0 Å². The van der Waals surface area contributed by atoms with Crippen LogP contribution < -0.4 is 5.73 Å². The molecule has 0 spiro atoms. The van der Waals surface area contributed by atoms with Gasteiger partial charge in [0.2, 0.25) is 5.78 Å². The van der Waals surface area contributed by atoms with Gasteiger partial charge < -0.3 is 10.2 Å². The maximum absolute atomic E-state index is 11.3. The normalized spacial score (nSPS) is 10.6. The predicted octanol–water partition coefficient (Wildman–Crippen LogP) is 1.99. The van der Waals surface area contributed by atoms with Gasteiger partial charge in [-0.3, -0.25) is 4.79 Å². The summed E-state index contributed by atoms with van der Waals surface area (Å²) in [4.78, 5) is 15.3. The summed E-state index contributed by atoms with van der Waals surface area (Å²) in [5.41, 5.74) is 7.25. The van der Waals surface area contributed by atoms with Crippen LogP contribution in [0.2, 0.25) is 0 Å². The van der Waals surface area contributed by atoms with E-state index in [-0.39, 0.29) is 17.0 Å². The van der Waals surface area contributed by atoms with Crippen LogP contribution in [0.5, 0.6) is 0 Å². The SMILES string of the molecule is Nc1cccc2oc(C(=O)CBr)nc12. The Balaban J connectivity index is 2.62. The Hall–Kier alpha value is -1.36. The number of rotatable bonds is 2. The summed E-state index contributed by atoms with van der Waals surface area (Å²) in [5.74, 6) is -0.102. The topological polar surface area (TPSA) is 69.1 Å². The third-order valence-corrected chi connectivity index (χ3v) is 2.32. The number of aromatic nitrogens is 1. The lowest BCUT2D eigenvalue weighted by molar-refractivity contribution is 0.0989. The molecule has 0 aliphatic rings. The maximum atomic E-state index is 11.3. The van der Waals surface area contributed by atoms with Crippen LogP contribution in [0.4, 0.5) is 5.69 Å². The number of oxazole rings is 1. The number of hydrogen-bond acceptors (Lipinski definition) is 4. The molecule has 1 heterocycles. The zero-order valence-electron chi connectivity index (χ0n) is 7.16. The molecule has 0 bridgehead atoms. The van der Waals surface area contributed by atoms with Crippen molar-refractivity contribution in [1.29, 1.82) is 0 Å². The number of benzene rings is 1. The van der Waals surface area contributed by atoms with E-state index in [4.69, 9.17) is 10.2 Å². The highest BCUT2D eigenvalue weighted by Crippen LogP contribution is 2.21. The summed E-state index contributed by atoms with van der Waals surface area (Å²) in [6.45, 7) is 0. The molecule has 1 aromatic heterocycles. The van der Waals surface area contributed by atoms with Crippen LogP contribution in [0.25, 0.3) is 11.1 Å². The van der Waals surface area contributed by atoms with Gasteiger partial charge in [-0.1, -0.05) is 22.0 Å². The van der Waals surface area contributed by atoms with Crippen molar-refractivity contribution in [3.8, 4) is 0 Å². The van der Waals surface area contributed by atoms with Crippen LogP contribution in [-0.4, -0.2) is 16.1 Å². The lowest BCUT2D eigenvalue weighted by atomic mass is 10.3. The molecule has 0 amide bonds. The number of halogens is 1. The molecule has 0 aliphatic carbocycles. The second-order valence-corrected chi connectivity index (χ2v) is 3.33. The Morgan fingerprint density at radius 1 is 1.57 bits per heavy atom. The summed E-state index contributed by atoms with van der Waals surface area (Å²) in [5, 5.41) is 0.194. The van der Waals surface area contributed by atoms with Crippen LogP contribution in [0.15, 0.2) is 22.6 Å². The molecule has 5 heteroatoms. The van der Waals surface area contributed by atoms with Gasteiger partial charge >= 0.3 is 0 Å². The van der Waals surface area contributed by atoms with Crippen molar-refractivity contribution >= 4 is 38.5 Å². The van der Waals surface area contributed by atoms with Gasteiger partial charge in [-0.2, -0.15) is 0 Å². The van der Waals surface area contributed by atoms with Crippen molar-refractivity contribution < 1.29 is 9.21 Å². The van der Waals surface area contributed by atoms with Gasteiger partial charge in [0.25, 0.3) is 5.89 Å². The van der Waals surface area contributed by atoms with E-state index in [0.29, 0.717) is 16.8 Å². The van der Waals surface area contributed by atoms with Crippen molar-refractivity contribution in [3.05, 3.63) is 24.1 Å². The molecule has 1 aromatic carbocycles. The Kier molecular flexibility index (Phi) is 2.25. The Morgan fingerprint density at radius 3 is 3.00 bits per heavy atom. The first kappa shape index (κ1) is 9.21. The van der Waals surface area contributed by atoms with Crippen LogP contribution in [0.3, 0.4) is 0 Å². The molecular formula is C9H7BrN2O2. The number of para-hydroxylation sites is 1. The van der Waals surface area contributed by atoms with E-state index in [1.54, 1.807) is 18.2 Å².